The highest BCUT2D eigenvalue weighted by atomic mass is 16.5. The Hall–Kier alpha value is -3.94. The van der Waals surface area contributed by atoms with Gasteiger partial charge in [0.1, 0.15) is 0 Å². The summed E-state index contributed by atoms with van der Waals surface area (Å²) in [5.41, 5.74) is 1.29. The molecule has 0 unspecified atom stereocenters. The zero-order valence-corrected chi connectivity index (χ0v) is 16.0. The number of aromatic nitrogens is 2. The smallest absolute Gasteiger partial charge is 0.274 e. The predicted octanol–water partition coefficient (Wildman–Crippen LogP) is 2.68. The summed E-state index contributed by atoms with van der Waals surface area (Å²) in [5, 5.41) is 5.40. The van der Waals surface area contributed by atoms with E-state index in [1.165, 1.54) is 12.4 Å². The van der Waals surface area contributed by atoms with Crippen molar-refractivity contribution < 1.29 is 19.1 Å². The Morgan fingerprint density at radius 3 is 2.34 bits per heavy atom. The van der Waals surface area contributed by atoms with Crippen LogP contribution < -0.4 is 20.1 Å². The lowest BCUT2D eigenvalue weighted by Gasteiger charge is -2.11. The van der Waals surface area contributed by atoms with Crippen LogP contribution in [0.25, 0.3) is 0 Å². The first kappa shape index (κ1) is 19.8. The number of hydrogen-bond donors (Lipinski definition) is 2. The largest absolute Gasteiger partial charge is 0.493 e. The molecule has 8 nitrogen and oxygen atoms in total. The van der Waals surface area contributed by atoms with Crippen LogP contribution in [0.3, 0.4) is 0 Å². The van der Waals surface area contributed by atoms with Gasteiger partial charge >= 0.3 is 0 Å². The number of nitrogens with one attached hydrogen (secondary N) is 2. The molecule has 3 aromatic rings. The van der Waals surface area contributed by atoms with Crippen LogP contribution in [0.4, 0.5) is 5.82 Å². The standard InChI is InChI=1S/C21H20N4O4/c1-28-16-9-8-14(12-17(16)29-2)13-24-21(27)18-19(23-11-10-22-18)25-20(26)15-6-4-3-5-7-15/h3-12H,13H2,1-2H3,(H,24,27)(H,23,25,26). The van der Waals surface area contributed by atoms with Crippen molar-refractivity contribution in [2.24, 2.45) is 0 Å². The number of ether oxygens (including phenoxy) is 2. The van der Waals surface area contributed by atoms with E-state index in [0.29, 0.717) is 17.1 Å². The molecule has 0 aliphatic heterocycles. The molecule has 0 atom stereocenters. The van der Waals surface area contributed by atoms with E-state index in [1.807, 2.05) is 12.1 Å². The van der Waals surface area contributed by atoms with Crippen molar-refractivity contribution in [3.05, 3.63) is 77.7 Å². The molecular weight excluding hydrogens is 372 g/mol. The first-order chi connectivity index (χ1) is 14.1. The summed E-state index contributed by atoms with van der Waals surface area (Å²) in [6, 6.07) is 14.0. The summed E-state index contributed by atoms with van der Waals surface area (Å²) in [6.45, 7) is 0.238. The van der Waals surface area contributed by atoms with Gasteiger partial charge in [-0.3, -0.25) is 9.59 Å². The Morgan fingerprint density at radius 1 is 0.897 bits per heavy atom. The normalized spacial score (nSPS) is 10.1. The number of hydrogen-bond acceptors (Lipinski definition) is 6. The first-order valence-electron chi connectivity index (χ1n) is 8.79. The molecule has 148 valence electrons. The maximum Gasteiger partial charge on any atom is 0.274 e. The maximum absolute atomic E-state index is 12.6. The number of carbonyl (C=O) groups is 2. The summed E-state index contributed by atoms with van der Waals surface area (Å²) in [5.74, 6) is 0.416. The third-order valence-electron chi connectivity index (χ3n) is 4.08. The van der Waals surface area contributed by atoms with E-state index in [4.69, 9.17) is 9.47 Å². The molecule has 0 spiro atoms. The van der Waals surface area contributed by atoms with Crippen LogP contribution in [-0.4, -0.2) is 36.0 Å². The number of amides is 2. The molecular formula is C21H20N4O4. The molecule has 3 rings (SSSR count). The zero-order valence-electron chi connectivity index (χ0n) is 16.0. The summed E-state index contributed by atoms with van der Waals surface area (Å²) < 4.78 is 10.5. The van der Waals surface area contributed by atoms with Crippen LogP contribution in [0.2, 0.25) is 0 Å². The van der Waals surface area contributed by atoms with E-state index in [9.17, 15) is 9.59 Å². The lowest BCUT2D eigenvalue weighted by Crippen LogP contribution is -2.26. The van der Waals surface area contributed by atoms with Crippen LogP contribution in [0.1, 0.15) is 26.4 Å². The highest BCUT2D eigenvalue weighted by Gasteiger charge is 2.17. The fourth-order valence-corrected chi connectivity index (χ4v) is 2.62. The van der Waals surface area contributed by atoms with Crippen molar-refractivity contribution in [1.82, 2.24) is 15.3 Å². The lowest BCUT2D eigenvalue weighted by molar-refractivity contribution is 0.0946. The number of carbonyl (C=O) groups excluding carboxylic acids is 2. The van der Waals surface area contributed by atoms with Gasteiger partial charge in [0.15, 0.2) is 23.0 Å². The van der Waals surface area contributed by atoms with Gasteiger partial charge in [0.2, 0.25) is 0 Å². The molecule has 1 heterocycles. The molecule has 2 aromatic carbocycles. The van der Waals surface area contributed by atoms with Gasteiger partial charge in [-0.25, -0.2) is 9.97 Å². The van der Waals surface area contributed by atoms with E-state index in [2.05, 4.69) is 20.6 Å². The Labute approximate surface area is 167 Å². The second-order valence-corrected chi connectivity index (χ2v) is 5.95. The van der Waals surface area contributed by atoms with Crippen LogP contribution in [-0.2, 0) is 6.54 Å². The fourth-order valence-electron chi connectivity index (χ4n) is 2.62. The SMILES string of the molecule is COc1ccc(CNC(=O)c2nccnc2NC(=O)c2ccccc2)cc1OC. The van der Waals surface area contributed by atoms with Gasteiger partial charge in [-0.2, -0.15) is 0 Å². The van der Waals surface area contributed by atoms with Gasteiger partial charge in [-0.1, -0.05) is 24.3 Å². The number of benzene rings is 2. The van der Waals surface area contributed by atoms with Gasteiger partial charge in [-0.05, 0) is 29.8 Å². The van der Waals surface area contributed by atoms with Crippen molar-refractivity contribution in [3.63, 3.8) is 0 Å². The van der Waals surface area contributed by atoms with Crippen molar-refractivity contribution in [1.29, 1.82) is 0 Å². The number of methoxy groups -OCH3 is 2. The fraction of sp³-hybridized carbons (Fsp3) is 0.143. The minimum absolute atomic E-state index is 0.0252. The van der Waals surface area contributed by atoms with Gasteiger partial charge in [0, 0.05) is 24.5 Å². The van der Waals surface area contributed by atoms with E-state index in [1.54, 1.807) is 50.6 Å². The Bertz CT molecular complexity index is 1010. The van der Waals surface area contributed by atoms with Gasteiger partial charge < -0.3 is 20.1 Å². The second kappa shape index (κ2) is 9.32. The van der Waals surface area contributed by atoms with Gasteiger partial charge in [-0.15, -0.1) is 0 Å². The van der Waals surface area contributed by atoms with E-state index < -0.39 is 5.91 Å². The number of rotatable bonds is 7. The summed E-state index contributed by atoms with van der Waals surface area (Å²) in [4.78, 5) is 33.1. The molecule has 2 N–H and O–H groups in total. The minimum Gasteiger partial charge on any atom is -0.493 e. The van der Waals surface area contributed by atoms with Crippen molar-refractivity contribution >= 4 is 17.6 Å². The molecule has 0 bridgehead atoms. The highest BCUT2D eigenvalue weighted by Crippen LogP contribution is 2.27. The van der Waals surface area contributed by atoms with Crippen LogP contribution in [0, 0.1) is 0 Å². The Balaban J connectivity index is 1.71. The van der Waals surface area contributed by atoms with Gasteiger partial charge in [0.05, 0.1) is 14.2 Å². The Kier molecular flexibility index (Phi) is 6.36. The molecule has 0 fully saturated rings. The van der Waals surface area contributed by atoms with Crippen LogP contribution in [0.15, 0.2) is 60.9 Å². The van der Waals surface area contributed by atoms with Crippen molar-refractivity contribution in [2.75, 3.05) is 19.5 Å². The minimum atomic E-state index is -0.462. The highest BCUT2D eigenvalue weighted by molar-refractivity contribution is 6.07. The zero-order chi connectivity index (χ0) is 20.6. The molecule has 0 saturated heterocycles. The molecule has 8 heteroatoms. The van der Waals surface area contributed by atoms with E-state index in [0.717, 1.165) is 5.56 Å². The summed E-state index contributed by atoms with van der Waals surface area (Å²) in [6.07, 6.45) is 2.80. The van der Waals surface area contributed by atoms with E-state index in [-0.39, 0.29) is 24.0 Å². The summed E-state index contributed by atoms with van der Waals surface area (Å²) >= 11 is 0. The quantitative estimate of drug-likeness (QED) is 0.641. The Morgan fingerprint density at radius 2 is 1.62 bits per heavy atom. The summed E-state index contributed by atoms with van der Waals surface area (Å²) in [7, 11) is 3.10. The molecule has 0 aliphatic rings. The molecule has 2 amide bonds. The van der Waals surface area contributed by atoms with E-state index >= 15 is 0 Å². The van der Waals surface area contributed by atoms with Crippen molar-refractivity contribution in [2.45, 2.75) is 6.54 Å². The number of nitrogens with zero attached hydrogens (tertiary/aromatic N) is 2. The van der Waals surface area contributed by atoms with Gasteiger partial charge in [0.25, 0.3) is 11.8 Å². The van der Waals surface area contributed by atoms with Crippen LogP contribution >= 0.6 is 0 Å². The third kappa shape index (κ3) is 4.86. The molecule has 0 radical (unpaired) electrons. The first-order valence-corrected chi connectivity index (χ1v) is 8.79. The number of anilines is 1. The predicted molar refractivity (Wildman–Crippen MR) is 107 cm³/mol. The molecule has 29 heavy (non-hydrogen) atoms. The second-order valence-electron chi connectivity index (χ2n) is 5.95. The maximum atomic E-state index is 12.6. The molecule has 1 aromatic heterocycles. The monoisotopic (exact) mass is 392 g/mol. The third-order valence-corrected chi connectivity index (χ3v) is 4.08. The van der Waals surface area contributed by atoms with Crippen LogP contribution in [0.5, 0.6) is 11.5 Å². The molecule has 0 aliphatic carbocycles. The topological polar surface area (TPSA) is 102 Å². The lowest BCUT2D eigenvalue weighted by atomic mass is 10.2. The average Bonchev–Trinajstić information content (AvgIpc) is 2.78. The average molecular weight is 392 g/mol. The van der Waals surface area contributed by atoms with Crippen molar-refractivity contribution in [3.8, 4) is 11.5 Å². The molecule has 0 saturated carbocycles.